The number of amidine groups is 1. The monoisotopic (exact) mass is 422 g/mol. The molecule has 2 aromatic rings. The van der Waals surface area contributed by atoms with E-state index in [1.54, 1.807) is 12.2 Å². The van der Waals surface area contributed by atoms with Crippen LogP contribution >= 0.6 is 11.8 Å². The maximum atomic E-state index is 12.9. The summed E-state index contributed by atoms with van der Waals surface area (Å²) >= 11 is 1.18. The molecule has 0 saturated carbocycles. The summed E-state index contributed by atoms with van der Waals surface area (Å²) in [6.45, 7) is 8.17. The first-order valence-corrected chi connectivity index (χ1v) is 10.2. The SMILES string of the molecule is C=CCN1C(=O)/C(=C/c2ccc(C(C)C)cc2)SC1=Nc1ccc(O)cc1C(=O)O. The van der Waals surface area contributed by atoms with E-state index in [0.717, 1.165) is 11.6 Å². The average molecular weight is 423 g/mol. The molecule has 2 aromatic carbocycles. The number of hydrogen-bond acceptors (Lipinski definition) is 5. The number of phenols is 1. The molecule has 2 N–H and O–H groups in total. The maximum absolute atomic E-state index is 12.9. The van der Waals surface area contributed by atoms with E-state index in [0.29, 0.717) is 16.0 Å². The minimum absolute atomic E-state index is 0.143. The van der Waals surface area contributed by atoms with Crippen molar-refractivity contribution in [2.45, 2.75) is 19.8 Å². The van der Waals surface area contributed by atoms with Crippen LogP contribution in [0.4, 0.5) is 5.69 Å². The molecule has 30 heavy (non-hydrogen) atoms. The largest absolute Gasteiger partial charge is 0.508 e. The molecule has 154 valence electrons. The molecule has 1 heterocycles. The lowest BCUT2D eigenvalue weighted by atomic mass is 10.0. The number of carboxylic acids is 1. The number of rotatable bonds is 6. The zero-order valence-electron chi connectivity index (χ0n) is 16.7. The number of carboxylic acid groups (broad SMARTS) is 1. The predicted octanol–water partition coefficient (Wildman–Crippen LogP) is 5.00. The van der Waals surface area contributed by atoms with Crippen LogP contribution in [0.15, 0.2) is 65.0 Å². The van der Waals surface area contributed by atoms with Gasteiger partial charge >= 0.3 is 5.97 Å². The molecule has 0 aliphatic carbocycles. The van der Waals surface area contributed by atoms with Gasteiger partial charge in [-0.2, -0.15) is 0 Å². The van der Waals surface area contributed by atoms with E-state index >= 15 is 0 Å². The van der Waals surface area contributed by atoms with Crippen molar-refractivity contribution >= 4 is 40.6 Å². The van der Waals surface area contributed by atoms with Gasteiger partial charge in [-0.15, -0.1) is 6.58 Å². The molecule has 0 radical (unpaired) electrons. The Kier molecular flexibility index (Phi) is 6.42. The second kappa shape index (κ2) is 9.00. The standard InChI is InChI=1S/C23H22N2O4S/c1-4-11-25-21(27)20(12-15-5-7-16(8-6-15)14(2)3)30-23(25)24-19-10-9-17(26)13-18(19)22(28)29/h4-10,12-14,26H,1,11H2,2-3H3,(H,28,29)/b20-12-,24-23?. The van der Waals surface area contributed by atoms with Crippen LogP contribution in [0.1, 0.15) is 41.3 Å². The molecule has 7 heteroatoms. The molecule has 1 aliphatic heterocycles. The normalized spacial score (nSPS) is 16.6. The number of aliphatic imine (C=N–C) groups is 1. The van der Waals surface area contributed by atoms with Gasteiger partial charge in [-0.1, -0.05) is 44.2 Å². The average Bonchev–Trinajstić information content (AvgIpc) is 2.98. The zero-order chi connectivity index (χ0) is 21.8. The molecular formula is C23H22N2O4S. The van der Waals surface area contributed by atoms with E-state index in [2.05, 4.69) is 25.4 Å². The molecule has 0 unspecified atom stereocenters. The highest BCUT2D eigenvalue weighted by Crippen LogP contribution is 2.35. The topological polar surface area (TPSA) is 90.2 Å². The fraction of sp³-hybridized carbons (Fsp3) is 0.174. The molecular weight excluding hydrogens is 400 g/mol. The van der Waals surface area contributed by atoms with Gasteiger partial charge in [-0.3, -0.25) is 9.69 Å². The van der Waals surface area contributed by atoms with Crippen LogP contribution in [0.5, 0.6) is 5.75 Å². The summed E-state index contributed by atoms with van der Waals surface area (Å²) in [6.07, 6.45) is 3.38. The second-order valence-corrected chi connectivity index (χ2v) is 8.05. The van der Waals surface area contributed by atoms with Gasteiger partial charge in [0.15, 0.2) is 5.17 Å². The van der Waals surface area contributed by atoms with Crippen molar-refractivity contribution in [1.29, 1.82) is 0 Å². The molecule has 0 atom stereocenters. The number of aromatic carboxylic acids is 1. The number of hydrogen-bond donors (Lipinski definition) is 2. The summed E-state index contributed by atoms with van der Waals surface area (Å²) in [7, 11) is 0. The summed E-state index contributed by atoms with van der Waals surface area (Å²) in [6, 6.07) is 11.9. The predicted molar refractivity (Wildman–Crippen MR) is 120 cm³/mol. The van der Waals surface area contributed by atoms with Crippen molar-refractivity contribution in [3.8, 4) is 5.75 Å². The smallest absolute Gasteiger partial charge is 0.338 e. The van der Waals surface area contributed by atoms with Gasteiger partial charge in [0.1, 0.15) is 5.75 Å². The van der Waals surface area contributed by atoms with E-state index in [1.165, 1.54) is 34.4 Å². The zero-order valence-corrected chi connectivity index (χ0v) is 17.5. The lowest BCUT2D eigenvalue weighted by Gasteiger charge is -2.13. The summed E-state index contributed by atoms with van der Waals surface area (Å²) in [5.41, 5.74) is 2.13. The minimum Gasteiger partial charge on any atom is -0.508 e. The molecule has 3 rings (SSSR count). The van der Waals surface area contributed by atoms with Crippen LogP contribution in [-0.4, -0.2) is 38.7 Å². The van der Waals surface area contributed by atoms with Crippen LogP contribution in [0.3, 0.4) is 0 Å². The Balaban J connectivity index is 1.98. The molecule has 0 bridgehead atoms. The van der Waals surface area contributed by atoms with Crippen LogP contribution in [-0.2, 0) is 4.79 Å². The number of carbonyl (C=O) groups is 2. The summed E-state index contributed by atoms with van der Waals surface area (Å²) in [5, 5.41) is 19.3. The first-order chi connectivity index (χ1) is 14.3. The Morgan fingerprint density at radius 2 is 1.93 bits per heavy atom. The molecule has 0 aromatic heterocycles. The maximum Gasteiger partial charge on any atom is 0.338 e. The third-order valence-electron chi connectivity index (χ3n) is 4.53. The summed E-state index contributed by atoms with van der Waals surface area (Å²) in [5.74, 6) is -1.18. The van der Waals surface area contributed by atoms with Crippen molar-refractivity contribution in [3.05, 3.63) is 76.7 Å². The highest BCUT2D eigenvalue weighted by atomic mass is 32.2. The number of phenolic OH excluding ortho intramolecular Hbond substituents is 1. The molecule has 0 spiro atoms. The molecule has 1 aliphatic rings. The molecule has 6 nitrogen and oxygen atoms in total. The van der Waals surface area contributed by atoms with Gasteiger partial charge in [0.05, 0.1) is 16.2 Å². The highest BCUT2D eigenvalue weighted by molar-refractivity contribution is 8.18. The van der Waals surface area contributed by atoms with E-state index in [4.69, 9.17) is 0 Å². The number of amides is 1. The van der Waals surface area contributed by atoms with Crippen molar-refractivity contribution < 1.29 is 19.8 Å². The van der Waals surface area contributed by atoms with Crippen LogP contribution in [0, 0.1) is 0 Å². The van der Waals surface area contributed by atoms with Crippen LogP contribution in [0.25, 0.3) is 6.08 Å². The van der Waals surface area contributed by atoms with E-state index in [9.17, 15) is 19.8 Å². The minimum atomic E-state index is -1.21. The van der Waals surface area contributed by atoms with E-state index in [-0.39, 0.29) is 29.5 Å². The van der Waals surface area contributed by atoms with Gasteiger partial charge in [-0.05, 0) is 53.1 Å². The van der Waals surface area contributed by atoms with Crippen molar-refractivity contribution in [2.24, 2.45) is 4.99 Å². The summed E-state index contributed by atoms with van der Waals surface area (Å²) < 4.78 is 0. The van der Waals surface area contributed by atoms with Gasteiger partial charge in [-0.25, -0.2) is 9.79 Å². The van der Waals surface area contributed by atoms with Crippen molar-refractivity contribution in [2.75, 3.05) is 6.54 Å². The van der Waals surface area contributed by atoms with Gasteiger partial charge in [0, 0.05) is 6.54 Å². The van der Waals surface area contributed by atoms with Crippen molar-refractivity contribution in [3.63, 3.8) is 0 Å². The third-order valence-corrected chi connectivity index (χ3v) is 5.53. The number of carbonyl (C=O) groups excluding carboxylic acids is 1. The highest BCUT2D eigenvalue weighted by Gasteiger charge is 2.33. The second-order valence-electron chi connectivity index (χ2n) is 7.04. The van der Waals surface area contributed by atoms with Gasteiger partial charge in [0.25, 0.3) is 5.91 Å². The van der Waals surface area contributed by atoms with Gasteiger partial charge in [0.2, 0.25) is 0 Å². The third kappa shape index (κ3) is 4.63. The lowest BCUT2D eigenvalue weighted by molar-refractivity contribution is -0.121. The van der Waals surface area contributed by atoms with Crippen molar-refractivity contribution in [1.82, 2.24) is 4.90 Å². The van der Waals surface area contributed by atoms with E-state index < -0.39 is 5.97 Å². The fourth-order valence-corrected chi connectivity index (χ4v) is 3.91. The lowest BCUT2D eigenvalue weighted by Crippen LogP contribution is -2.29. The quantitative estimate of drug-likeness (QED) is 0.505. The van der Waals surface area contributed by atoms with Crippen LogP contribution in [0.2, 0.25) is 0 Å². The Bertz CT molecular complexity index is 1060. The van der Waals surface area contributed by atoms with Gasteiger partial charge < -0.3 is 10.2 Å². The van der Waals surface area contributed by atoms with E-state index in [1.807, 2.05) is 24.3 Å². The summed E-state index contributed by atoms with van der Waals surface area (Å²) in [4.78, 5) is 30.7. The Hall–Kier alpha value is -3.32. The molecule has 1 fully saturated rings. The molecule has 1 amide bonds. The number of aromatic hydroxyl groups is 1. The Morgan fingerprint density at radius 3 is 2.53 bits per heavy atom. The first-order valence-electron chi connectivity index (χ1n) is 9.37. The number of benzene rings is 2. The van der Waals surface area contributed by atoms with Crippen LogP contribution < -0.4 is 0 Å². The Labute approximate surface area is 179 Å². The number of thioether (sulfide) groups is 1. The fourth-order valence-electron chi connectivity index (χ4n) is 2.91. The Morgan fingerprint density at radius 1 is 1.23 bits per heavy atom. The molecule has 1 saturated heterocycles. The first kappa shape index (κ1) is 21.4. The number of nitrogens with zero attached hydrogens (tertiary/aromatic N) is 2.